The van der Waals surface area contributed by atoms with Crippen LogP contribution < -0.4 is 5.32 Å². The van der Waals surface area contributed by atoms with Gasteiger partial charge in [-0.1, -0.05) is 24.6 Å². The fraction of sp³-hybridized carbons (Fsp3) is 0.500. The molecule has 0 aromatic heterocycles. The Kier molecular flexibility index (Phi) is 8.34. The monoisotopic (exact) mass is 267 g/mol. The highest BCUT2D eigenvalue weighted by molar-refractivity contribution is 7.99. The smallest absolute Gasteiger partial charge is 0.303 e. The molecule has 0 aliphatic carbocycles. The van der Waals surface area contributed by atoms with Gasteiger partial charge < -0.3 is 10.4 Å². The molecule has 0 aliphatic heterocycles. The summed E-state index contributed by atoms with van der Waals surface area (Å²) in [6.45, 7) is 1.98. The summed E-state index contributed by atoms with van der Waals surface area (Å²) in [5.41, 5.74) is 0. The van der Waals surface area contributed by atoms with Gasteiger partial charge in [0, 0.05) is 23.6 Å². The molecule has 0 saturated heterocycles. The predicted octanol–water partition coefficient (Wildman–Crippen LogP) is 3.01. The van der Waals surface area contributed by atoms with E-state index in [1.54, 1.807) is 0 Å². The van der Waals surface area contributed by atoms with Crippen molar-refractivity contribution in [3.8, 4) is 0 Å². The van der Waals surface area contributed by atoms with E-state index < -0.39 is 5.97 Å². The van der Waals surface area contributed by atoms with Gasteiger partial charge in [-0.25, -0.2) is 0 Å². The van der Waals surface area contributed by atoms with Crippen LogP contribution in [-0.2, 0) is 4.79 Å². The third-order valence-corrected chi connectivity index (χ3v) is 3.55. The molecule has 2 N–H and O–H groups in total. The fourth-order valence-electron chi connectivity index (χ4n) is 1.59. The summed E-state index contributed by atoms with van der Waals surface area (Å²) in [7, 11) is 0. The first-order valence-corrected chi connectivity index (χ1v) is 7.38. The highest BCUT2D eigenvalue weighted by Crippen LogP contribution is 2.15. The van der Waals surface area contributed by atoms with Crippen LogP contribution in [0.5, 0.6) is 0 Å². The van der Waals surface area contributed by atoms with Crippen LogP contribution in [0.15, 0.2) is 35.2 Å². The molecular weight excluding hydrogens is 246 g/mol. The van der Waals surface area contributed by atoms with E-state index in [4.69, 9.17) is 5.11 Å². The number of aliphatic carboxylic acids is 1. The zero-order valence-corrected chi connectivity index (χ0v) is 11.4. The molecule has 0 amide bonds. The Labute approximate surface area is 113 Å². The molecule has 0 unspecified atom stereocenters. The lowest BCUT2D eigenvalue weighted by atomic mass is 10.2. The number of rotatable bonds is 10. The van der Waals surface area contributed by atoms with Gasteiger partial charge in [-0.3, -0.25) is 4.79 Å². The van der Waals surface area contributed by atoms with Crippen LogP contribution in [-0.4, -0.2) is 29.9 Å². The molecule has 100 valence electrons. The first-order valence-electron chi connectivity index (χ1n) is 6.39. The molecule has 1 aromatic rings. The molecule has 0 atom stereocenters. The minimum atomic E-state index is -0.692. The Hall–Kier alpha value is -1.00. The molecule has 4 heteroatoms. The Morgan fingerprint density at radius 2 is 1.89 bits per heavy atom. The average molecular weight is 267 g/mol. The van der Waals surface area contributed by atoms with Crippen LogP contribution in [0.1, 0.15) is 25.7 Å². The number of thioether (sulfide) groups is 1. The number of carbonyl (C=O) groups is 1. The molecule has 0 radical (unpaired) electrons. The minimum Gasteiger partial charge on any atom is -0.481 e. The van der Waals surface area contributed by atoms with E-state index in [0.29, 0.717) is 6.42 Å². The van der Waals surface area contributed by atoms with E-state index in [1.165, 1.54) is 4.90 Å². The Morgan fingerprint density at radius 3 is 2.61 bits per heavy atom. The maximum absolute atomic E-state index is 10.3. The van der Waals surface area contributed by atoms with Gasteiger partial charge in [-0.05, 0) is 31.5 Å². The van der Waals surface area contributed by atoms with Crippen LogP contribution in [0.3, 0.4) is 0 Å². The largest absolute Gasteiger partial charge is 0.481 e. The zero-order valence-electron chi connectivity index (χ0n) is 10.6. The van der Waals surface area contributed by atoms with E-state index in [1.807, 2.05) is 17.8 Å². The van der Waals surface area contributed by atoms with Crippen molar-refractivity contribution in [2.45, 2.75) is 30.6 Å². The molecule has 0 fully saturated rings. The number of benzene rings is 1. The number of carboxylic acids is 1. The van der Waals surface area contributed by atoms with Gasteiger partial charge in [0.1, 0.15) is 0 Å². The van der Waals surface area contributed by atoms with Crippen molar-refractivity contribution in [1.82, 2.24) is 5.32 Å². The van der Waals surface area contributed by atoms with Gasteiger partial charge in [0.25, 0.3) is 0 Å². The van der Waals surface area contributed by atoms with Crippen molar-refractivity contribution in [2.75, 3.05) is 18.8 Å². The van der Waals surface area contributed by atoms with E-state index in [-0.39, 0.29) is 0 Å². The summed E-state index contributed by atoms with van der Waals surface area (Å²) in [4.78, 5) is 11.6. The van der Waals surface area contributed by atoms with Crippen LogP contribution in [0.25, 0.3) is 0 Å². The standard InChI is InChI=1S/C14H21NO2S/c16-14(17)9-5-2-6-10-15-11-12-18-13-7-3-1-4-8-13/h1,3-4,7-8,15H,2,5-6,9-12H2,(H,16,17). The molecule has 0 spiro atoms. The van der Waals surface area contributed by atoms with Gasteiger partial charge in [0.05, 0.1) is 0 Å². The lowest BCUT2D eigenvalue weighted by molar-refractivity contribution is -0.137. The molecule has 0 saturated carbocycles. The molecule has 3 nitrogen and oxygen atoms in total. The lowest BCUT2D eigenvalue weighted by Crippen LogP contribution is -2.18. The molecule has 1 aromatic carbocycles. The number of unbranched alkanes of at least 4 members (excludes halogenated alkanes) is 2. The second-order valence-corrected chi connectivity index (χ2v) is 5.28. The molecule has 0 heterocycles. The van der Waals surface area contributed by atoms with E-state index in [9.17, 15) is 4.79 Å². The van der Waals surface area contributed by atoms with Crippen LogP contribution in [0.4, 0.5) is 0 Å². The molecular formula is C14H21NO2S. The average Bonchev–Trinajstić information content (AvgIpc) is 2.37. The number of hydrogen-bond acceptors (Lipinski definition) is 3. The molecule has 0 bridgehead atoms. The maximum Gasteiger partial charge on any atom is 0.303 e. The number of hydrogen-bond donors (Lipinski definition) is 2. The lowest BCUT2D eigenvalue weighted by Gasteiger charge is -2.04. The highest BCUT2D eigenvalue weighted by atomic mass is 32.2. The van der Waals surface area contributed by atoms with Gasteiger partial charge in [-0.15, -0.1) is 11.8 Å². The first kappa shape index (κ1) is 15.1. The van der Waals surface area contributed by atoms with Crippen molar-refractivity contribution >= 4 is 17.7 Å². The third kappa shape index (κ3) is 8.14. The second-order valence-electron chi connectivity index (χ2n) is 4.12. The van der Waals surface area contributed by atoms with Crippen molar-refractivity contribution < 1.29 is 9.90 Å². The van der Waals surface area contributed by atoms with Crippen LogP contribution in [0.2, 0.25) is 0 Å². The van der Waals surface area contributed by atoms with Crippen molar-refractivity contribution in [2.24, 2.45) is 0 Å². The summed E-state index contributed by atoms with van der Waals surface area (Å²) < 4.78 is 0. The third-order valence-electron chi connectivity index (χ3n) is 2.53. The second kappa shape index (κ2) is 9.97. The SMILES string of the molecule is O=C(O)CCCCCNCCSc1ccccc1. The van der Waals surface area contributed by atoms with Crippen LogP contribution in [0, 0.1) is 0 Å². The molecule has 0 aliphatic rings. The first-order chi connectivity index (χ1) is 8.79. The quantitative estimate of drug-likeness (QED) is 0.505. The minimum absolute atomic E-state index is 0.295. The zero-order chi connectivity index (χ0) is 13.1. The highest BCUT2D eigenvalue weighted by Gasteiger charge is 1.96. The van der Waals surface area contributed by atoms with Crippen molar-refractivity contribution in [3.63, 3.8) is 0 Å². The Morgan fingerprint density at radius 1 is 1.11 bits per heavy atom. The topological polar surface area (TPSA) is 49.3 Å². The van der Waals surface area contributed by atoms with Crippen molar-refractivity contribution in [3.05, 3.63) is 30.3 Å². The van der Waals surface area contributed by atoms with E-state index in [0.717, 1.165) is 38.1 Å². The Balaban J connectivity index is 1.86. The maximum atomic E-state index is 10.3. The number of carboxylic acid groups (broad SMARTS) is 1. The van der Waals surface area contributed by atoms with Gasteiger partial charge in [0.15, 0.2) is 0 Å². The van der Waals surface area contributed by atoms with E-state index >= 15 is 0 Å². The van der Waals surface area contributed by atoms with Crippen LogP contribution >= 0.6 is 11.8 Å². The fourth-order valence-corrected chi connectivity index (χ4v) is 2.42. The number of nitrogens with one attached hydrogen (secondary N) is 1. The van der Waals surface area contributed by atoms with Gasteiger partial charge in [0.2, 0.25) is 0 Å². The van der Waals surface area contributed by atoms with Gasteiger partial charge >= 0.3 is 5.97 Å². The Bertz CT molecular complexity index is 330. The predicted molar refractivity (Wildman–Crippen MR) is 76.1 cm³/mol. The summed E-state index contributed by atoms with van der Waals surface area (Å²) in [6.07, 6.45) is 3.13. The normalized spacial score (nSPS) is 10.4. The molecule has 18 heavy (non-hydrogen) atoms. The molecule has 1 rings (SSSR count). The van der Waals surface area contributed by atoms with Crippen molar-refractivity contribution in [1.29, 1.82) is 0 Å². The summed E-state index contributed by atoms with van der Waals surface area (Å²) >= 11 is 1.85. The summed E-state index contributed by atoms with van der Waals surface area (Å²) in [5, 5.41) is 11.9. The summed E-state index contributed by atoms with van der Waals surface area (Å²) in [5.74, 6) is 0.376. The van der Waals surface area contributed by atoms with Gasteiger partial charge in [-0.2, -0.15) is 0 Å². The summed E-state index contributed by atoms with van der Waals surface area (Å²) in [6, 6.07) is 10.4. The van der Waals surface area contributed by atoms with E-state index in [2.05, 4.69) is 29.6 Å².